The first-order valence-corrected chi connectivity index (χ1v) is 3.82. The van der Waals surface area contributed by atoms with Crippen molar-refractivity contribution in [3.8, 4) is 0 Å². The fourth-order valence-corrected chi connectivity index (χ4v) is 0.843. The predicted octanol–water partition coefficient (Wildman–Crippen LogP) is 1.61. The Bertz CT molecular complexity index is 292. The molecule has 0 aliphatic carbocycles. The summed E-state index contributed by atoms with van der Waals surface area (Å²) in [6, 6.07) is 1.40. The summed E-state index contributed by atoms with van der Waals surface area (Å²) in [5.41, 5.74) is 0.264. The van der Waals surface area contributed by atoms with E-state index >= 15 is 0 Å². The Morgan fingerprint density at radius 2 is 2.21 bits per heavy atom. The van der Waals surface area contributed by atoms with Gasteiger partial charge in [-0.1, -0.05) is 0 Å². The van der Waals surface area contributed by atoms with Gasteiger partial charge in [0.05, 0.1) is 24.9 Å². The zero-order chi connectivity index (χ0) is 10.6. The molecule has 6 heteroatoms. The van der Waals surface area contributed by atoms with Crippen molar-refractivity contribution in [2.75, 3.05) is 13.1 Å². The second kappa shape index (κ2) is 4.28. The van der Waals surface area contributed by atoms with Gasteiger partial charge in [0.15, 0.2) is 5.78 Å². The van der Waals surface area contributed by atoms with Crippen LogP contribution in [0.15, 0.2) is 23.0 Å². The molecule has 0 saturated carbocycles. The number of halogens is 3. The normalized spacial score (nSPS) is 11.6. The lowest BCUT2D eigenvalue weighted by Crippen LogP contribution is -2.32. The number of Topliss-reactive ketones (excluding diaryl/α,β-unsaturated/α-hetero) is 1. The maximum atomic E-state index is 11.7. The predicted molar refractivity (Wildman–Crippen MR) is 42.0 cm³/mol. The van der Waals surface area contributed by atoms with E-state index in [9.17, 15) is 18.0 Å². The number of alkyl halides is 3. The van der Waals surface area contributed by atoms with E-state index < -0.39 is 18.5 Å². The molecule has 1 aromatic heterocycles. The number of hydrogen-bond acceptors (Lipinski definition) is 3. The standard InChI is InChI=1S/C8H8F3NO2/c9-8(10,11)5-12-3-7(13)6-1-2-14-4-6/h1-2,4,12H,3,5H2. The highest BCUT2D eigenvalue weighted by Gasteiger charge is 2.26. The van der Waals surface area contributed by atoms with Crippen LogP contribution in [0.25, 0.3) is 0 Å². The Morgan fingerprint density at radius 1 is 1.50 bits per heavy atom. The van der Waals surface area contributed by atoms with Crippen LogP contribution in [0.4, 0.5) is 13.2 Å². The van der Waals surface area contributed by atoms with E-state index in [4.69, 9.17) is 0 Å². The van der Waals surface area contributed by atoms with Crippen molar-refractivity contribution in [2.45, 2.75) is 6.18 Å². The molecule has 0 amide bonds. The van der Waals surface area contributed by atoms with Gasteiger partial charge < -0.3 is 9.73 Å². The van der Waals surface area contributed by atoms with Crippen LogP contribution in [-0.4, -0.2) is 25.0 Å². The molecule has 0 radical (unpaired) electrons. The second-order valence-electron chi connectivity index (χ2n) is 2.65. The van der Waals surface area contributed by atoms with Crippen molar-refractivity contribution in [3.63, 3.8) is 0 Å². The fourth-order valence-electron chi connectivity index (χ4n) is 0.843. The van der Waals surface area contributed by atoms with Gasteiger partial charge in [0, 0.05) is 0 Å². The van der Waals surface area contributed by atoms with Crippen LogP contribution in [-0.2, 0) is 0 Å². The Morgan fingerprint density at radius 3 is 2.71 bits per heavy atom. The quantitative estimate of drug-likeness (QED) is 0.762. The molecule has 0 aliphatic rings. The van der Waals surface area contributed by atoms with Crippen LogP contribution in [0.1, 0.15) is 10.4 Å². The van der Waals surface area contributed by atoms with Crippen molar-refractivity contribution in [3.05, 3.63) is 24.2 Å². The fraction of sp³-hybridized carbons (Fsp3) is 0.375. The van der Waals surface area contributed by atoms with Gasteiger partial charge in [-0.15, -0.1) is 0 Å². The molecule has 1 rings (SSSR count). The summed E-state index contributed by atoms with van der Waals surface area (Å²) in [5, 5.41) is 2.00. The van der Waals surface area contributed by atoms with E-state index in [0.29, 0.717) is 0 Å². The highest BCUT2D eigenvalue weighted by atomic mass is 19.4. The van der Waals surface area contributed by atoms with Gasteiger partial charge in [0.25, 0.3) is 0 Å². The molecule has 1 N–H and O–H groups in total. The van der Waals surface area contributed by atoms with Gasteiger partial charge in [-0.05, 0) is 6.07 Å². The van der Waals surface area contributed by atoms with Crippen LogP contribution in [0.3, 0.4) is 0 Å². The molecule has 78 valence electrons. The minimum atomic E-state index is -4.29. The van der Waals surface area contributed by atoms with E-state index in [1.807, 2.05) is 5.32 Å². The lowest BCUT2D eigenvalue weighted by atomic mass is 10.2. The van der Waals surface area contributed by atoms with Crippen LogP contribution in [0, 0.1) is 0 Å². The van der Waals surface area contributed by atoms with Crippen LogP contribution >= 0.6 is 0 Å². The number of nitrogens with one attached hydrogen (secondary N) is 1. The molecule has 0 spiro atoms. The van der Waals surface area contributed by atoms with Gasteiger partial charge in [-0.2, -0.15) is 13.2 Å². The summed E-state index contributed by atoms with van der Waals surface area (Å²) in [7, 11) is 0. The maximum absolute atomic E-state index is 11.7. The van der Waals surface area contributed by atoms with Gasteiger partial charge in [-0.3, -0.25) is 4.79 Å². The topological polar surface area (TPSA) is 42.2 Å². The van der Waals surface area contributed by atoms with E-state index in [-0.39, 0.29) is 12.1 Å². The largest absolute Gasteiger partial charge is 0.472 e. The summed E-state index contributed by atoms with van der Waals surface area (Å²) < 4.78 is 39.6. The molecule has 1 aromatic rings. The molecule has 0 saturated heterocycles. The number of ketones is 1. The summed E-state index contributed by atoms with van der Waals surface area (Å²) in [6.07, 6.45) is -1.81. The molecule has 0 unspecified atom stereocenters. The smallest absolute Gasteiger partial charge is 0.401 e. The molecular weight excluding hydrogens is 199 g/mol. The average molecular weight is 207 g/mol. The molecule has 0 aliphatic heterocycles. The summed E-state index contributed by atoms with van der Waals surface area (Å²) in [5.74, 6) is -0.428. The molecule has 0 fully saturated rings. The third-order valence-electron chi connectivity index (χ3n) is 1.45. The summed E-state index contributed by atoms with van der Waals surface area (Å²) in [6.45, 7) is -1.52. The van der Waals surface area contributed by atoms with Gasteiger partial charge >= 0.3 is 6.18 Å². The van der Waals surface area contributed by atoms with E-state index in [0.717, 1.165) is 0 Å². The minimum Gasteiger partial charge on any atom is -0.472 e. The van der Waals surface area contributed by atoms with E-state index in [1.165, 1.54) is 18.6 Å². The van der Waals surface area contributed by atoms with E-state index in [1.54, 1.807) is 0 Å². The van der Waals surface area contributed by atoms with Crippen LogP contribution in [0.5, 0.6) is 0 Å². The van der Waals surface area contributed by atoms with Crippen molar-refractivity contribution in [1.82, 2.24) is 5.32 Å². The zero-order valence-corrected chi connectivity index (χ0v) is 7.10. The number of carbonyl (C=O) groups excluding carboxylic acids is 1. The van der Waals surface area contributed by atoms with Gasteiger partial charge in [0.1, 0.15) is 6.26 Å². The summed E-state index contributed by atoms with van der Waals surface area (Å²) >= 11 is 0. The average Bonchev–Trinajstić information content (AvgIpc) is 2.53. The Hall–Kier alpha value is -1.30. The van der Waals surface area contributed by atoms with Gasteiger partial charge in [-0.25, -0.2) is 0 Å². The van der Waals surface area contributed by atoms with Crippen molar-refractivity contribution in [2.24, 2.45) is 0 Å². The Kier molecular flexibility index (Phi) is 3.29. The molecular formula is C8H8F3NO2. The molecule has 3 nitrogen and oxygen atoms in total. The zero-order valence-electron chi connectivity index (χ0n) is 7.10. The first-order chi connectivity index (χ1) is 6.49. The van der Waals surface area contributed by atoms with Crippen molar-refractivity contribution < 1.29 is 22.4 Å². The Balaban J connectivity index is 2.30. The molecule has 0 atom stereocenters. The highest BCUT2D eigenvalue weighted by molar-refractivity contribution is 5.97. The minimum absolute atomic E-state index is 0.264. The number of hydrogen-bond donors (Lipinski definition) is 1. The van der Waals surface area contributed by atoms with Crippen molar-refractivity contribution in [1.29, 1.82) is 0 Å². The highest BCUT2D eigenvalue weighted by Crippen LogP contribution is 2.12. The lowest BCUT2D eigenvalue weighted by Gasteiger charge is -2.06. The first-order valence-electron chi connectivity index (χ1n) is 3.82. The lowest BCUT2D eigenvalue weighted by molar-refractivity contribution is -0.124. The SMILES string of the molecule is O=C(CNCC(F)(F)F)c1ccoc1. The number of carbonyl (C=O) groups is 1. The van der Waals surface area contributed by atoms with Crippen molar-refractivity contribution >= 4 is 5.78 Å². The molecule has 14 heavy (non-hydrogen) atoms. The monoisotopic (exact) mass is 207 g/mol. The molecule has 0 aromatic carbocycles. The maximum Gasteiger partial charge on any atom is 0.401 e. The number of furan rings is 1. The second-order valence-corrected chi connectivity index (χ2v) is 2.65. The summed E-state index contributed by atoms with van der Waals surface area (Å²) in [4.78, 5) is 11.1. The Labute approximate surface area is 77.9 Å². The number of rotatable bonds is 4. The molecule has 0 bridgehead atoms. The molecule has 1 heterocycles. The third kappa shape index (κ3) is 3.61. The third-order valence-corrected chi connectivity index (χ3v) is 1.45. The van der Waals surface area contributed by atoms with Crippen LogP contribution in [0.2, 0.25) is 0 Å². The van der Waals surface area contributed by atoms with Crippen LogP contribution < -0.4 is 5.32 Å². The van der Waals surface area contributed by atoms with E-state index in [2.05, 4.69) is 4.42 Å². The van der Waals surface area contributed by atoms with Gasteiger partial charge in [0.2, 0.25) is 0 Å². The first kappa shape index (κ1) is 10.8.